The Labute approximate surface area is 155 Å². The van der Waals surface area contributed by atoms with Gasteiger partial charge in [-0.15, -0.1) is 0 Å². The van der Waals surface area contributed by atoms with Gasteiger partial charge in [-0.1, -0.05) is 31.4 Å². The number of likely N-dealkylation sites (tertiary alicyclic amines) is 1. The van der Waals surface area contributed by atoms with Crippen LogP contribution in [0, 0.1) is 17.7 Å². The molecule has 3 rings (SSSR count). The first-order chi connectivity index (χ1) is 12.6. The minimum atomic E-state index is -0.247. The molecule has 1 aliphatic carbocycles. The van der Waals surface area contributed by atoms with Gasteiger partial charge in [-0.25, -0.2) is 4.39 Å². The van der Waals surface area contributed by atoms with Crippen LogP contribution in [0.3, 0.4) is 0 Å². The van der Waals surface area contributed by atoms with Gasteiger partial charge in [0.2, 0.25) is 11.8 Å². The summed E-state index contributed by atoms with van der Waals surface area (Å²) in [4.78, 5) is 26.6. The van der Waals surface area contributed by atoms with Crippen LogP contribution in [0.1, 0.15) is 50.5 Å². The van der Waals surface area contributed by atoms with Crippen molar-refractivity contribution in [3.63, 3.8) is 0 Å². The van der Waals surface area contributed by atoms with Crippen molar-refractivity contribution in [3.05, 3.63) is 35.6 Å². The quantitative estimate of drug-likeness (QED) is 0.846. The van der Waals surface area contributed by atoms with Gasteiger partial charge in [0.1, 0.15) is 5.82 Å². The Balaban J connectivity index is 1.44. The van der Waals surface area contributed by atoms with Gasteiger partial charge < -0.3 is 10.2 Å². The van der Waals surface area contributed by atoms with Crippen molar-refractivity contribution in [2.75, 3.05) is 19.6 Å². The molecule has 4 nitrogen and oxygen atoms in total. The van der Waals surface area contributed by atoms with E-state index in [1.54, 1.807) is 12.1 Å². The minimum absolute atomic E-state index is 0.0354. The van der Waals surface area contributed by atoms with Gasteiger partial charge in [0.15, 0.2) is 0 Å². The summed E-state index contributed by atoms with van der Waals surface area (Å²) < 4.78 is 12.9. The molecule has 0 aromatic heterocycles. The molecule has 1 aromatic carbocycles. The predicted molar refractivity (Wildman–Crippen MR) is 99.0 cm³/mol. The topological polar surface area (TPSA) is 49.4 Å². The van der Waals surface area contributed by atoms with Gasteiger partial charge in [0, 0.05) is 26.1 Å². The summed E-state index contributed by atoms with van der Waals surface area (Å²) in [5.41, 5.74) is 1.00. The van der Waals surface area contributed by atoms with E-state index in [2.05, 4.69) is 5.32 Å². The van der Waals surface area contributed by atoms with Crippen molar-refractivity contribution < 1.29 is 14.0 Å². The van der Waals surface area contributed by atoms with Crippen LogP contribution >= 0.6 is 0 Å². The third-order valence-corrected chi connectivity index (χ3v) is 5.70. The minimum Gasteiger partial charge on any atom is -0.355 e. The Morgan fingerprint density at radius 2 is 1.85 bits per heavy atom. The fourth-order valence-corrected chi connectivity index (χ4v) is 4.11. The fraction of sp³-hybridized carbons (Fsp3) is 0.619. The van der Waals surface area contributed by atoms with E-state index in [1.165, 1.54) is 44.2 Å². The average molecular weight is 360 g/mol. The molecule has 0 spiro atoms. The number of carbonyl (C=O) groups excluding carboxylic acids is 2. The standard InChI is InChI=1S/C21H29FN2O2/c22-19-9-6-16(7-10-19)12-13-23-21(26)18-8-11-20(25)24(15-18)14-17-4-2-1-3-5-17/h6-7,9-10,17-18H,1-5,8,11-15H2,(H,23,26)/t18-/m0/s1. The highest BCUT2D eigenvalue weighted by molar-refractivity contribution is 5.83. The van der Waals surface area contributed by atoms with Crippen LogP contribution in [0.25, 0.3) is 0 Å². The summed E-state index contributed by atoms with van der Waals surface area (Å²) in [6.07, 6.45) is 8.05. The molecule has 0 radical (unpaired) electrons. The first kappa shape index (κ1) is 18.9. The highest BCUT2D eigenvalue weighted by atomic mass is 19.1. The molecule has 1 saturated heterocycles. The maximum absolute atomic E-state index is 12.9. The van der Waals surface area contributed by atoms with Crippen molar-refractivity contribution in [2.45, 2.75) is 51.4 Å². The van der Waals surface area contributed by atoms with Crippen LogP contribution in [0.15, 0.2) is 24.3 Å². The summed E-state index contributed by atoms with van der Waals surface area (Å²) >= 11 is 0. The second kappa shape index (κ2) is 9.15. The molecule has 1 N–H and O–H groups in total. The van der Waals surface area contributed by atoms with E-state index in [1.807, 2.05) is 4.90 Å². The Hall–Kier alpha value is -1.91. The highest BCUT2D eigenvalue weighted by Gasteiger charge is 2.31. The number of benzene rings is 1. The van der Waals surface area contributed by atoms with Crippen molar-refractivity contribution >= 4 is 11.8 Å². The Bertz CT molecular complexity index is 611. The van der Waals surface area contributed by atoms with Crippen molar-refractivity contribution in [1.82, 2.24) is 10.2 Å². The van der Waals surface area contributed by atoms with E-state index in [0.29, 0.717) is 38.3 Å². The van der Waals surface area contributed by atoms with Crippen LogP contribution in [0.4, 0.5) is 4.39 Å². The van der Waals surface area contributed by atoms with Gasteiger partial charge in [-0.05, 0) is 49.3 Å². The second-order valence-corrected chi connectivity index (χ2v) is 7.71. The van der Waals surface area contributed by atoms with Gasteiger partial charge in [-0.2, -0.15) is 0 Å². The first-order valence-electron chi connectivity index (χ1n) is 9.92. The molecule has 26 heavy (non-hydrogen) atoms. The van der Waals surface area contributed by atoms with Gasteiger partial charge in [0.25, 0.3) is 0 Å². The third kappa shape index (κ3) is 5.29. The molecule has 1 atom stereocenters. The van der Waals surface area contributed by atoms with Crippen molar-refractivity contribution in [2.24, 2.45) is 11.8 Å². The third-order valence-electron chi connectivity index (χ3n) is 5.70. The highest BCUT2D eigenvalue weighted by Crippen LogP contribution is 2.27. The van der Waals surface area contributed by atoms with E-state index in [-0.39, 0.29) is 23.5 Å². The Kier molecular flexibility index (Phi) is 6.64. The number of hydrogen-bond donors (Lipinski definition) is 1. The number of amides is 2. The number of halogens is 1. The molecule has 0 bridgehead atoms. The molecule has 5 heteroatoms. The summed E-state index contributed by atoms with van der Waals surface area (Å²) in [5.74, 6) is 0.486. The number of piperidine rings is 1. The molecule has 2 aliphatic rings. The van der Waals surface area contributed by atoms with Crippen molar-refractivity contribution in [1.29, 1.82) is 0 Å². The smallest absolute Gasteiger partial charge is 0.224 e. The zero-order valence-corrected chi connectivity index (χ0v) is 15.4. The molecular weight excluding hydrogens is 331 g/mol. The zero-order chi connectivity index (χ0) is 18.4. The Morgan fingerprint density at radius 1 is 1.12 bits per heavy atom. The lowest BCUT2D eigenvalue weighted by atomic mass is 9.87. The molecule has 1 aliphatic heterocycles. The zero-order valence-electron chi connectivity index (χ0n) is 15.4. The molecule has 2 fully saturated rings. The lowest BCUT2D eigenvalue weighted by molar-refractivity contribution is -0.139. The monoisotopic (exact) mass is 360 g/mol. The number of nitrogens with one attached hydrogen (secondary N) is 1. The largest absolute Gasteiger partial charge is 0.355 e. The molecule has 142 valence electrons. The maximum atomic E-state index is 12.9. The van der Waals surface area contributed by atoms with E-state index in [9.17, 15) is 14.0 Å². The van der Waals surface area contributed by atoms with Crippen LogP contribution in [-0.2, 0) is 16.0 Å². The number of nitrogens with zero attached hydrogens (tertiary/aromatic N) is 1. The number of rotatable bonds is 6. The molecule has 1 saturated carbocycles. The lowest BCUT2D eigenvalue weighted by Crippen LogP contribution is -2.47. The SMILES string of the molecule is O=C(NCCc1ccc(F)cc1)[C@H]1CCC(=O)N(CC2CCCCC2)C1. The molecular formula is C21H29FN2O2. The summed E-state index contributed by atoms with van der Waals surface area (Å²) in [5, 5.41) is 2.98. The normalized spacial score (nSPS) is 21.7. The predicted octanol–water partition coefficient (Wildman–Crippen LogP) is 3.30. The summed E-state index contributed by atoms with van der Waals surface area (Å²) in [7, 11) is 0. The average Bonchev–Trinajstić information content (AvgIpc) is 2.66. The number of hydrogen-bond acceptors (Lipinski definition) is 2. The van der Waals surface area contributed by atoms with Crippen LogP contribution < -0.4 is 5.32 Å². The lowest BCUT2D eigenvalue weighted by Gasteiger charge is -2.35. The molecule has 0 unspecified atom stereocenters. The van der Waals surface area contributed by atoms with Crippen molar-refractivity contribution in [3.8, 4) is 0 Å². The van der Waals surface area contributed by atoms with Crippen LogP contribution in [0.5, 0.6) is 0 Å². The number of carbonyl (C=O) groups is 2. The van der Waals surface area contributed by atoms with E-state index in [4.69, 9.17) is 0 Å². The molecule has 2 amide bonds. The first-order valence-corrected chi connectivity index (χ1v) is 9.92. The van der Waals surface area contributed by atoms with E-state index >= 15 is 0 Å². The summed E-state index contributed by atoms with van der Waals surface area (Å²) in [6.45, 7) is 1.91. The molecule has 1 aromatic rings. The Morgan fingerprint density at radius 3 is 2.58 bits per heavy atom. The fourth-order valence-electron chi connectivity index (χ4n) is 4.11. The van der Waals surface area contributed by atoms with Crippen LogP contribution in [0.2, 0.25) is 0 Å². The van der Waals surface area contributed by atoms with E-state index < -0.39 is 0 Å². The van der Waals surface area contributed by atoms with Gasteiger partial charge in [-0.3, -0.25) is 9.59 Å². The van der Waals surface area contributed by atoms with Gasteiger partial charge >= 0.3 is 0 Å². The summed E-state index contributed by atoms with van der Waals surface area (Å²) in [6, 6.07) is 6.36. The van der Waals surface area contributed by atoms with E-state index in [0.717, 1.165) is 12.1 Å². The maximum Gasteiger partial charge on any atom is 0.224 e. The van der Waals surface area contributed by atoms with Gasteiger partial charge in [0.05, 0.1) is 5.92 Å². The second-order valence-electron chi connectivity index (χ2n) is 7.71. The molecule has 1 heterocycles. The van der Waals surface area contributed by atoms with Crippen LogP contribution in [-0.4, -0.2) is 36.3 Å².